The van der Waals surface area contributed by atoms with Gasteiger partial charge >= 0.3 is 0 Å². The third-order valence-electron chi connectivity index (χ3n) is 6.09. The van der Waals surface area contributed by atoms with Crippen LogP contribution in [0.4, 0.5) is 11.4 Å². The summed E-state index contributed by atoms with van der Waals surface area (Å²) in [5.74, 6) is 1.76. The van der Waals surface area contributed by atoms with Crippen molar-refractivity contribution in [3.63, 3.8) is 0 Å². The van der Waals surface area contributed by atoms with Crippen molar-refractivity contribution in [3.05, 3.63) is 89.5 Å². The van der Waals surface area contributed by atoms with Crippen LogP contribution < -0.4 is 19.3 Å². The van der Waals surface area contributed by atoms with Gasteiger partial charge in [-0.15, -0.1) is 0 Å². The molecule has 1 aliphatic heterocycles. The fourth-order valence-corrected chi connectivity index (χ4v) is 4.51. The summed E-state index contributed by atoms with van der Waals surface area (Å²) < 4.78 is 10.7. The minimum atomic E-state index is 0.797. The number of hydrogen-bond donors (Lipinski definition) is 0. The summed E-state index contributed by atoms with van der Waals surface area (Å²) in [5, 5.41) is 0. The lowest BCUT2D eigenvalue weighted by Crippen LogP contribution is -2.44. The van der Waals surface area contributed by atoms with Crippen LogP contribution >= 0.6 is 0 Å². The highest BCUT2D eigenvalue weighted by atomic mass is 16.5. The summed E-state index contributed by atoms with van der Waals surface area (Å²) in [5.41, 5.74) is 8.05. The van der Waals surface area contributed by atoms with E-state index in [9.17, 15) is 0 Å². The summed E-state index contributed by atoms with van der Waals surface area (Å²) >= 11 is 0. The summed E-state index contributed by atoms with van der Waals surface area (Å²) in [4.78, 5) is 4.89. The monoisotopic (exact) mass is 398 g/mol. The van der Waals surface area contributed by atoms with E-state index in [1.165, 1.54) is 33.8 Å². The Bertz CT molecular complexity index is 1070. The Morgan fingerprint density at radius 3 is 2.00 bits per heavy atom. The van der Waals surface area contributed by atoms with E-state index in [0.717, 1.165) is 37.6 Å². The summed E-state index contributed by atoms with van der Waals surface area (Å²) in [7, 11) is 3.41. The van der Waals surface area contributed by atoms with Crippen LogP contribution in [-0.2, 0) is 6.42 Å². The molecule has 0 saturated carbocycles. The van der Waals surface area contributed by atoms with Crippen LogP contribution in [0, 0.1) is 0 Å². The molecular weight excluding hydrogens is 372 g/mol. The SMILES string of the molecule is COc1ccc(N2CC3=C(c4ccccc4CC3)N(c3ccc(OC)cc3)C2)cc1. The zero-order chi connectivity index (χ0) is 20.5. The Morgan fingerprint density at radius 2 is 1.33 bits per heavy atom. The number of rotatable bonds is 4. The topological polar surface area (TPSA) is 24.9 Å². The largest absolute Gasteiger partial charge is 0.497 e. The maximum absolute atomic E-state index is 5.38. The molecule has 30 heavy (non-hydrogen) atoms. The van der Waals surface area contributed by atoms with Gasteiger partial charge in [0.05, 0.1) is 26.6 Å². The first-order chi connectivity index (χ1) is 14.8. The van der Waals surface area contributed by atoms with Crippen molar-refractivity contribution in [3.8, 4) is 11.5 Å². The molecule has 4 nitrogen and oxygen atoms in total. The second-order valence-corrected chi connectivity index (χ2v) is 7.77. The first-order valence-electron chi connectivity index (χ1n) is 10.4. The maximum Gasteiger partial charge on any atom is 0.119 e. The highest BCUT2D eigenvalue weighted by molar-refractivity contribution is 5.86. The minimum Gasteiger partial charge on any atom is -0.497 e. The molecule has 0 fully saturated rings. The standard InChI is InChI=1S/C26H26N2O2/c1-29-23-13-9-21(10-14-23)27-17-20-8-7-19-5-3-4-6-25(19)26(20)28(18-27)22-11-15-24(30-2)16-12-22/h3-6,9-16H,7-8,17-18H2,1-2H3. The Kier molecular flexibility index (Phi) is 4.83. The van der Waals surface area contributed by atoms with E-state index in [0.29, 0.717) is 0 Å². The molecule has 2 aliphatic rings. The van der Waals surface area contributed by atoms with Gasteiger partial charge in [0.15, 0.2) is 0 Å². The lowest BCUT2D eigenvalue weighted by molar-refractivity contribution is 0.415. The van der Waals surface area contributed by atoms with E-state index >= 15 is 0 Å². The van der Waals surface area contributed by atoms with Crippen molar-refractivity contribution < 1.29 is 9.47 Å². The first-order valence-corrected chi connectivity index (χ1v) is 10.4. The lowest BCUT2D eigenvalue weighted by Gasteiger charge is -2.43. The highest BCUT2D eigenvalue weighted by Gasteiger charge is 2.31. The molecule has 0 unspecified atom stereocenters. The van der Waals surface area contributed by atoms with Crippen LogP contribution in [0.2, 0.25) is 0 Å². The molecule has 0 radical (unpaired) electrons. The number of fused-ring (bicyclic) bond motifs is 2. The summed E-state index contributed by atoms with van der Waals surface area (Å²) in [6, 6.07) is 25.6. The van der Waals surface area contributed by atoms with Gasteiger partial charge in [-0.05, 0) is 72.5 Å². The van der Waals surface area contributed by atoms with Gasteiger partial charge in [0, 0.05) is 23.5 Å². The number of methoxy groups -OCH3 is 2. The highest BCUT2D eigenvalue weighted by Crippen LogP contribution is 2.40. The molecule has 0 N–H and O–H groups in total. The number of ether oxygens (including phenoxy) is 2. The molecule has 0 aromatic heterocycles. The van der Waals surface area contributed by atoms with E-state index in [4.69, 9.17) is 9.47 Å². The maximum atomic E-state index is 5.38. The van der Waals surface area contributed by atoms with Crippen molar-refractivity contribution in [2.45, 2.75) is 12.8 Å². The number of hydrogen-bond acceptors (Lipinski definition) is 4. The van der Waals surface area contributed by atoms with Gasteiger partial charge in [-0.25, -0.2) is 0 Å². The van der Waals surface area contributed by atoms with Crippen molar-refractivity contribution >= 4 is 17.1 Å². The molecule has 0 saturated heterocycles. The van der Waals surface area contributed by atoms with Gasteiger partial charge in [-0.2, -0.15) is 0 Å². The van der Waals surface area contributed by atoms with E-state index in [-0.39, 0.29) is 0 Å². The second-order valence-electron chi connectivity index (χ2n) is 7.77. The second kappa shape index (κ2) is 7.79. The van der Waals surface area contributed by atoms with Gasteiger partial charge < -0.3 is 19.3 Å². The fourth-order valence-electron chi connectivity index (χ4n) is 4.51. The molecule has 0 spiro atoms. The first kappa shape index (κ1) is 18.6. The van der Waals surface area contributed by atoms with Crippen LogP contribution in [0.15, 0.2) is 78.4 Å². The van der Waals surface area contributed by atoms with Crippen LogP contribution in [0.1, 0.15) is 17.5 Å². The summed E-state index contributed by atoms with van der Waals surface area (Å²) in [6.07, 6.45) is 2.19. The van der Waals surface area contributed by atoms with Crippen molar-refractivity contribution in [1.29, 1.82) is 0 Å². The molecule has 3 aromatic rings. The Morgan fingerprint density at radius 1 is 0.700 bits per heavy atom. The van der Waals surface area contributed by atoms with Crippen LogP contribution in [-0.4, -0.2) is 27.4 Å². The smallest absolute Gasteiger partial charge is 0.119 e. The minimum absolute atomic E-state index is 0.797. The van der Waals surface area contributed by atoms with Crippen LogP contribution in [0.5, 0.6) is 11.5 Å². The molecule has 4 heteroatoms. The van der Waals surface area contributed by atoms with Crippen LogP contribution in [0.3, 0.4) is 0 Å². The molecule has 3 aromatic carbocycles. The van der Waals surface area contributed by atoms with Gasteiger partial charge in [-0.1, -0.05) is 24.3 Å². The van der Waals surface area contributed by atoms with Crippen molar-refractivity contribution in [1.82, 2.24) is 0 Å². The van der Waals surface area contributed by atoms with E-state index < -0.39 is 0 Å². The zero-order valence-corrected chi connectivity index (χ0v) is 17.5. The fraction of sp³-hybridized carbons (Fsp3) is 0.231. The molecule has 1 heterocycles. The van der Waals surface area contributed by atoms with E-state index in [2.05, 4.69) is 58.3 Å². The van der Waals surface area contributed by atoms with Crippen molar-refractivity contribution in [2.75, 3.05) is 37.2 Å². The molecule has 0 atom stereocenters. The van der Waals surface area contributed by atoms with Gasteiger partial charge in [0.1, 0.15) is 11.5 Å². The molecule has 5 rings (SSSR count). The van der Waals surface area contributed by atoms with E-state index in [1.54, 1.807) is 14.2 Å². The number of benzene rings is 3. The molecular formula is C26H26N2O2. The lowest BCUT2D eigenvalue weighted by atomic mass is 9.87. The van der Waals surface area contributed by atoms with Gasteiger partial charge in [0.2, 0.25) is 0 Å². The zero-order valence-electron chi connectivity index (χ0n) is 17.5. The third kappa shape index (κ3) is 3.28. The average Bonchev–Trinajstić information content (AvgIpc) is 2.83. The number of anilines is 2. The molecule has 0 amide bonds. The average molecular weight is 399 g/mol. The third-order valence-corrected chi connectivity index (χ3v) is 6.09. The quantitative estimate of drug-likeness (QED) is 0.592. The molecule has 152 valence electrons. The summed E-state index contributed by atoms with van der Waals surface area (Å²) in [6.45, 7) is 1.74. The normalized spacial score (nSPS) is 15.5. The predicted octanol–water partition coefficient (Wildman–Crippen LogP) is 5.35. The Labute approximate surface area is 178 Å². The number of aryl methyl sites for hydroxylation is 1. The predicted molar refractivity (Wildman–Crippen MR) is 122 cm³/mol. The Balaban J connectivity index is 1.58. The Hall–Kier alpha value is -3.40. The van der Waals surface area contributed by atoms with Gasteiger partial charge in [-0.3, -0.25) is 0 Å². The van der Waals surface area contributed by atoms with Gasteiger partial charge in [0.25, 0.3) is 0 Å². The van der Waals surface area contributed by atoms with E-state index in [1.807, 2.05) is 24.3 Å². The molecule has 0 bridgehead atoms. The van der Waals surface area contributed by atoms with Crippen LogP contribution in [0.25, 0.3) is 5.70 Å². The van der Waals surface area contributed by atoms with Crippen molar-refractivity contribution in [2.24, 2.45) is 0 Å². The number of nitrogens with zero attached hydrogens (tertiary/aromatic N) is 2. The molecule has 1 aliphatic carbocycles.